The lowest BCUT2D eigenvalue weighted by Gasteiger charge is -2.42. The third kappa shape index (κ3) is 4.09. The Hall–Kier alpha value is -2.17. The zero-order chi connectivity index (χ0) is 17.7. The fraction of sp³-hybridized carbons (Fsp3) is 0.381. The summed E-state index contributed by atoms with van der Waals surface area (Å²) in [6.07, 6.45) is 1.87. The van der Waals surface area contributed by atoms with Gasteiger partial charge >= 0.3 is 0 Å². The first-order chi connectivity index (χ1) is 12.1. The summed E-state index contributed by atoms with van der Waals surface area (Å²) >= 11 is 0. The van der Waals surface area contributed by atoms with Gasteiger partial charge in [-0.2, -0.15) is 0 Å². The molecule has 0 saturated carbocycles. The van der Waals surface area contributed by atoms with Gasteiger partial charge in [-0.1, -0.05) is 42.5 Å². The lowest BCUT2D eigenvalue weighted by atomic mass is 9.88. The van der Waals surface area contributed by atoms with Crippen LogP contribution in [0.25, 0.3) is 11.1 Å². The number of rotatable bonds is 5. The lowest BCUT2D eigenvalue weighted by molar-refractivity contribution is -0.00657. The second-order valence-corrected chi connectivity index (χ2v) is 6.86. The van der Waals surface area contributed by atoms with Gasteiger partial charge in [0.2, 0.25) is 0 Å². The van der Waals surface area contributed by atoms with Gasteiger partial charge in [0.15, 0.2) is 0 Å². The Morgan fingerprint density at radius 1 is 1.04 bits per heavy atom. The van der Waals surface area contributed by atoms with Gasteiger partial charge in [-0.3, -0.25) is 4.79 Å². The molecule has 3 rings (SSSR count). The quantitative estimate of drug-likeness (QED) is 0.910. The first-order valence-electron chi connectivity index (χ1n) is 8.80. The molecule has 2 aromatic rings. The summed E-state index contributed by atoms with van der Waals surface area (Å²) < 4.78 is 5.49. The van der Waals surface area contributed by atoms with Crippen molar-refractivity contribution in [3.05, 3.63) is 60.2 Å². The molecule has 0 aromatic heterocycles. The highest BCUT2D eigenvalue weighted by Crippen LogP contribution is 2.25. The fourth-order valence-corrected chi connectivity index (χ4v) is 3.35. The van der Waals surface area contributed by atoms with Crippen molar-refractivity contribution in [1.29, 1.82) is 0 Å². The molecule has 1 fully saturated rings. The first-order valence-corrected chi connectivity index (χ1v) is 8.80. The molecule has 25 heavy (non-hydrogen) atoms. The summed E-state index contributed by atoms with van der Waals surface area (Å²) in [4.78, 5) is 14.9. The first kappa shape index (κ1) is 17.6. The van der Waals surface area contributed by atoms with E-state index in [4.69, 9.17) is 4.74 Å². The average Bonchev–Trinajstić information content (AvgIpc) is 2.67. The Kier molecular flexibility index (Phi) is 5.51. The minimum Gasteiger partial charge on any atom is -0.381 e. The molecule has 1 amide bonds. The SMILES string of the molecule is CN(C)C1(CNC(=O)c2cccc(-c3ccccc3)c2)CCOCC1. The molecule has 0 aliphatic carbocycles. The Balaban J connectivity index is 1.71. The second-order valence-electron chi connectivity index (χ2n) is 6.86. The molecule has 0 unspecified atom stereocenters. The molecule has 1 heterocycles. The van der Waals surface area contributed by atoms with Crippen LogP contribution in [0.1, 0.15) is 23.2 Å². The molecule has 132 valence electrons. The van der Waals surface area contributed by atoms with Gasteiger partial charge in [0, 0.05) is 30.9 Å². The maximum Gasteiger partial charge on any atom is 0.251 e. The largest absolute Gasteiger partial charge is 0.381 e. The van der Waals surface area contributed by atoms with Gasteiger partial charge in [-0.05, 0) is 50.2 Å². The number of ether oxygens (including phenoxy) is 1. The minimum atomic E-state index is -0.0229. The smallest absolute Gasteiger partial charge is 0.251 e. The zero-order valence-corrected chi connectivity index (χ0v) is 15.0. The summed E-state index contributed by atoms with van der Waals surface area (Å²) in [5, 5.41) is 3.13. The van der Waals surface area contributed by atoms with Crippen molar-refractivity contribution in [3.63, 3.8) is 0 Å². The van der Waals surface area contributed by atoms with Gasteiger partial charge in [0.1, 0.15) is 0 Å². The Morgan fingerprint density at radius 3 is 2.40 bits per heavy atom. The number of nitrogens with zero attached hydrogens (tertiary/aromatic N) is 1. The fourth-order valence-electron chi connectivity index (χ4n) is 3.35. The van der Waals surface area contributed by atoms with Crippen molar-refractivity contribution in [2.24, 2.45) is 0 Å². The Labute approximate surface area is 149 Å². The Bertz CT molecular complexity index is 707. The van der Waals surface area contributed by atoms with Crippen LogP contribution in [0.2, 0.25) is 0 Å². The molecule has 1 aliphatic rings. The van der Waals surface area contributed by atoms with Gasteiger partial charge < -0.3 is 15.0 Å². The van der Waals surface area contributed by atoms with Gasteiger partial charge in [-0.15, -0.1) is 0 Å². The highest BCUT2D eigenvalue weighted by molar-refractivity contribution is 5.95. The van der Waals surface area contributed by atoms with Crippen molar-refractivity contribution in [1.82, 2.24) is 10.2 Å². The second kappa shape index (κ2) is 7.81. The summed E-state index contributed by atoms with van der Waals surface area (Å²) in [6, 6.07) is 17.9. The van der Waals surface area contributed by atoms with E-state index >= 15 is 0 Å². The number of likely N-dealkylation sites (N-methyl/N-ethyl adjacent to an activating group) is 1. The van der Waals surface area contributed by atoms with Crippen molar-refractivity contribution in [2.45, 2.75) is 18.4 Å². The van der Waals surface area contributed by atoms with E-state index in [9.17, 15) is 4.79 Å². The predicted octanol–water partition coefficient (Wildman–Crippen LogP) is 3.19. The molecular weight excluding hydrogens is 312 g/mol. The molecule has 4 heteroatoms. The predicted molar refractivity (Wildman–Crippen MR) is 101 cm³/mol. The monoisotopic (exact) mass is 338 g/mol. The molecule has 0 atom stereocenters. The normalized spacial score (nSPS) is 16.6. The molecule has 4 nitrogen and oxygen atoms in total. The van der Waals surface area contributed by atoms with E-state index < -0.39 is 0 Å². The molecule has 1 aliphatic heterocycles. The molecular formula is C21H26N2O2. The number of benzene rings is 2. The molecule has 0 spiro atoms. The zero-order valence-electron chi connectivity index (χ0n) is 15.0. The van der Waals surface area contributed by atoms with Gasteiger partial charge in [0.05, 0.1) is 0 Å². The maximum absolute atomic E-state index is 12.7. The van der Waals surface area contributed by atoms with Crippen LogP contribution in [0.5, 0.6) is 0 Å². The van der Waals surface area contributed by atoms with Crippen LogP contribution < -0.4 is 5.32 Å². The summed E-state index contributed by atoms with van der Waals surface area (Å²) in [7, 11) is 4.15. The van der Waals surface area contributed by atoms with E-state index in [2.05, 4.69) is 36.4 Å². The Morgan fingerprint density at radius 2 is 1.72 bits per heavy atom. The number of amides is 1. The molecule has 1 N–H and O–H groups in total. The van der Waals surface area contributed by atoms with Crippen molar-refractivity contribution in [3.8, 4) is 11.1 Å². The van der Waals surface area contributed by atoms with Crippen LogP contribution in [0.3, 0.4) is 0 Å². The lowest BCUT2D eigenvalue weighted by Crippen LogP contribution is -2.55. The summed E-state index contributed by atoms with van der Waals surface area (Å²) in [6.45, 7) is 2.13. The third-order valence-corrected chi connectivity index (χ3v) is 5.18. The van der Waals surface area contributed by atoms with Gasteiger partial charge in [-0.25, -0.2) is 0 Å². The van der Waals surface area contributed by atoms with Crippen molar-refractivity contribution < 1.29 is 9.53 Å². The highest BCUT2D eigenvalue weighted by Gasteiger charge is 2.35. The van der Waals surface area contributed by atoms with E-state index in [1.54, 1.807) is 0 Å². The summed E-state index contributed by atoms with van der Waals surface area (Å²) in [5.41, 5.74) is 2.85. The van der Waals surface area contributed by atoms with Crippen LogP contribution in [-0.4, -0.2) is 50.2 Å². The number of carbonyl (C=O) groups excluding carboxylic acids is 1. The number of nitrogens with one attached hydrogen (secondary N) is 1. The average molecular weight is 338 g/mol. The third-order valence-electron chi connectivity index (χ3n) is 5.18. The topological polar surface area (TPSA) is 41.6 Å². The van der Waals surface area contributed by atoms with Crippen LogP contribution >= 0.6 is 0 Å². The van der Waals surface area contributed by atoms with Crippen LogP contribution in [0.15, 0.2) is 54.6 Å². The van der Waals surface area contributed by atoms with E-state index in [-0.39, 0.29) is 11.4 Å². The molecule has 0 radical (unpaired) electrons. The standard InChI is InChI=1S/C21H26N2O2/c1-23(2)21(11-13-25-14-12-21)16-22-20(24)19-10-6-9-18(15-19)17-7-4-3-5-8-17/h3-10,15H,11-14,16H2,1-2H3,(H,22,24). The highest BCUT2D eigenvalue weighted by atomic mass is 16.5. The minimum absolute atomic E-state index is 0.0227. The van der Waals surface area contributed by atoms with Crippen LogP contribution in [-0.2, 0) is 4.74 Å². The molecule has 1 saturated heterocycles. The van der Waals surface area contributed by atoms with Crippen LogP contribution in [0, 0.1) is 0 Å². The van der Waals surface area contributed by atoms with Gasteiger partial charge in [0.25, 0.3) is 5.91 Å². The van der Waals surface area contributed by atoms with E-state index in [1.807, 2.05) is 42.5 Å². The molecule has 2 aromatic carbocycles. The van der Waals surface area contributed by atoms with E-state index in [0.29, 0.717) is 12.1 Å². The number of carbonyl (C=O) groups is 1. The van der Waals surface area contributed by atoms with Crippen molar-refractivity contribution in [2.75, 3.05) is 33.9 Å². The van der Waals surface area contributed by atoms with E-state index in [1.165, 1.54) is 0 Å². The number of hydrogen-bond acceptors (Lipinski definition) is 3. The van der Waals surface area contributed by atoms with Crippen molar-refractivity contribution >= 4 is 5.91 Å². The van der Waals surface area contributed by atoms with Crippen LogP contribution in [0.4, 0.5) is 0 Å². The number of hydrogen-bond donors (Lipinski definition) is 1. The molecule has 0 bridgehead atoms. The van der Waals surface area contributed by atoms with E-state index in [0.717, 1.165) is 37.2 Å². The summed E-state index contributed by atoms with van der Waals surface area (Å²) in [5.74, 6) is -0.0227. The maximum atomic E-state index is 12.7.